The summed E-state index contributed by atoms with van der Waals surface area (Å²) in [5.74, 6) is 1.95. The highest BCUT2D eigenvalue weighted by atomic mass is 32.2. The van der Waals surface area contributed by atoms with E-state index in [1.807, 2.05) is 36.0 Å². The standard InChI is InChI=1S/C16H20N2OS/c1-3-11(2)10-20-15-9-8-14(16(17)18-19)12-6-4-5-7-13(12)15/h4-9,11,19H,3,10H2,1-2H3,(H2,17,18). The summed E-state index contributed by atoms with van der Waals surface area (Å²) in [6, 6.07) is 12.1. The fourth-order valence-electron chi connectivity index (χ4n) is 2.02. The minimum atomic E-state index is 0.152. The zero-order valence-electron chi connectivity index (χ0n) is 11.8. The van der Waals surface area contributed by atoms with Crippen molar-refractivity contribution in [3.63, 3.8) is 0 Å². The van der Waals surface area contributed by atoms with Crippen LogP contribution < -0.4 is 5.73 Å². The molecule has 1 unspecified atom stereocenters. The maximum absolute atomic E-state index is 8.88. The minimum absolute atomic E-state index is 0.152. The molecule has 3 N–H and O–H groups in total. The largest absolute Gasteiger partial charge is 0.409 e. The van der Waals surface area contributed by atoms with Gasteiger partial charge in [0, 0.05) is 16.2 Å². The summed E-state index contributed by atoms with van der Waals surface area (Å²) in [5, 5.41) is 14.2. The number of amidine groups is 1. The molecule has 20 heavy (non-hydrogen) atoms. The quantitative estimate of drug-likeness (QED) is 0.287. The van der Waals surface area contributed by atoms with Crippen LogP contribution >= 0.6 is 11.8 Å². The second kappa shape index (κ2) is 6.66. The molecule has 0 bridgehead atoms. The molecule has 0 aliphatic rings. The Kier molecular flexibility index (Phi) is 4.90. The molecule has 106 valence electrons. The first-order valence-corrected chi connectivity index (χ1v) is 7.78. The number of rotatable bonds is 5. The van der Waals surface area contributed by atoms with Crippen LogP contribution in [0.5, 0.6) is 0 Å². The molecular weight excluding hydrogens is 268 g/mol. The van der Waals surface area contributed by atoms with E-state index in [1.54, 1.807) is 0 Å². The summed E-state index contributed by atoms with van der Waals surface area (Å²) < 4.78 is 0. The summed E-state index contributed by atoms with van der Waals surface area (Å²) >= 11 is 1.87. The topological polar surface area (TPSA) is 58.6 Å². The minimum Gasteiger partial charge on any atom is -0.409 e. The van der Waals surface area contributed by atoms with Crippen molar-refractivity contribution in [3.8, 4) is 0 Å². The van der Waals surface area contributed by atoms with Gasteiger partial charge in [0.1, 0.15) is 0 Å². The molecule has 1 atom stereocenters. The van der Waals surface area contributed by atoms with E-state index < -0.39 is 0 Å². The smallest absolute Gasteiger partial charge is 0.170 e. The Morgan fingerprint density at radius 3 is 2.60 bits per heavy atom. The van der Waals surface area contributed by atoms with Gasteiger partial charge in [-0.25, -0.2) is 0 Å². The monoisotopic (exact) mass is 288 g/mol. The molecule has 0 saturated carbocycles. The van der Waals surface area contributed by atoms with Crippen LogP contribution in [0.1, 0.15) is 25.8 Å². The van der Waals surface area contributed by atoms with Crippen LogP contribution in [0.25, 0.3) is 10.8 Å². The molecule has 2 aromatic carbocycles. The molecule has 0 aliphatic carbocycles. The molecule has 0 saturated heterocycles. The summed E-state index contributed by atoms with van der Waals surface area (Å²) in [6.45, 7) is 4.48. The van der Waals surface area contributed by atoms with Crippen molar-refractivity contribution < 1.29 is 5.21 Å². The third-order valence-electron chi connectivity index (χ3n) is 3.49. The fourth-order valence-corrected chi connectivity index (χ4v) is 3.22. The Morgan fingerprint density at radius 2 is 1.95 bits per heavy atom. The third-order valence-corrected chi connectivity index (χ3v) is 4.89. The van der Waals surface area contributed by atoms with Crippen LogP contribution in [-0.4, -0.2) is 16.8 Å². The van der Waals surface area contributed by atoms with Crippen LogP contribution in [0.15, 0.2) is 46.4 Å². The second-order valence-electron chi connectivity index (χ2n) is 4.97. The van der Waals surface area contributed by atoms with Crippen LogP contribution in [-0.2, 0) is 0 Å². The third kappa shape index (κ3) is 3.07. The molecule has 3 nitrogen and oxygen atoms in total. The van der Waals surface area contributed by atoms with Gasteiger partial charge in [-0.1, -0.05) is 49.7 Å². The van der Waals surface area contributed by atoms with Gasteiger partial charge in [-0.05, 0) is 28.8 Å². The number of nitrogens with two attached hydrogens (primary N) is 1. The lowest BCUT2D eigenvalue weighted by Gasteiger charge is -2.12. The Bertz CT molecular complexity index is 625. The van der Waals surface area contributed by atoms with Crippen molar-refractivity contribution in [2.24, 2.45) is 16.8 Å². The van der Waals surface area contributed by atoms with E-state index in [0.717, 1.165) is 22.1 Å². The second-order valence-corrected chi connectivity index (χ2v) is 6.03. The predicted molar refractivity (Wildman–Crippen MR) is 86.6 cm³/mol. The van der Waals surface area contributed by atoms with E-state index >= 15 is 0 Å². The molecule has 0 radical (unpaired) electrons. The van der Waals surface area contributed by atoms with Crippen molar-refractivity contribution in [1.29, 1.82) is 0 Å². The number of nitrogens with zero attached hydrogens (tertiary/aromatic N) is 1. The van der Waals surface area contributed by atoms with Crippen molar-refractivity contribution in [2.75, 3.05) is 5.75 Å². The Balaban J connectivity index is 2.43. The first-order valence-electron chi connectivity index (χ1n) is 6.79. The van der Waals surface area contributed by atoms with E-state index in [1.165, 1.54) is 11.3 Å². The number of fused-ring (bicyclic) bond motifs is 1. The number of benzene rings is 2. The van der Waals surface area contributed by atoms with Gasteiger partial charge >= 0.3 is 0 Å². The van der Waals surface area contributed by atoms with Gasteiger partial charge in [0.25, 0.3) is 0 Å². The summed E-state index contributed by atoms with van der Waals surface area (Å²) in [4.78, 5) is 1.25. The van der Waals surface area contributed by atoms with Gasteiger partial charge in [-0.15, -0.1) is 11.8 Å². The molecular formula is C16H20N2OS. The van der Waals surface area contributed by atoms with Gasteiger partial charge in [-0.3, -0.25) is 0 Å². The zero-order valence-corrected chi connectivity index (χ0v) is 12.7. The molecule has 4 heteroatoms. The maximum Gasteiger partial charge on any atom is 0.170 e. The highest BCUT2D eigenvalue weighted by Gasteiger charge is 2.10. The fraction of sp³-hybridized carbons (Fsp3) is 0.312. The van der Waals surface area contributed by atoms with Crippen LogP contribution in [0.2, 0.25) is 0 Å². The lowest BCUT2D eigenvalue weighted by Crippen LogP contribution is -2.13. The normalized spacial score (nSPS) is 13.6. The molecule has 0 spiro atoms. The number of hydrogen-bond donors (Lipinski definition) is 2. The van der Waals surface area contributed by atoms with Crippen molar-refractivity contribution >= 4 is 28.4 Å². The molecule has 0 heterocycles. The van der Waals surface area contributed by atoms with E-state index in [0.29, 0.717) is 5.92 Å². The summed E-state index contributed by atoms with van der Waals surface area (Å²) in [5.41, 5.74) is 6.52. The Hall–Kier alpha value is -1.68. The number of oxime groups is 1. The number of hydrogen-bond acceptors (Lipinski definition) is 3. The van der Waals surface area contributed by atoms with Crippen molar-refractivity contribution in [2.45, 2.75) is 25.2 Å². The summed E-state index contributed by atoms with van der Waals surface area (Å²) in [6.07, 6.45) is 1.19. The van der Waals surface area contributed by atoms with Gasteiger partial charge in [-0.2, -0.15) is 0 Å². The SMILES string of the molecule is CCC(C)CSc1ccc(/C(N)=N/O)c2ccccc12. The van der Waals surface area contributed by atoms with Gasteiger partial charge in [0.15, 0.2) is 5.84 Å². The van der Waals surface area contributed by atoms with Crippen LogP contribution in [0.4, 0.5) is 0 Å². The highest BCUT2D eigenvalue weighted by molar-refractivity contribution is 7.99. The Morgan fingerprint density at radius 1 is 1.25 bits per heavy atom. The predicted octanol–water partition coefficient (Wildman–Crippen LogP) is 4.07. The zero-order chi connectivity index (χ0) is 14.5. The molecule has 2 aromatic rings. The average molecular weight is 288 g/mol. The summed E-state index contributed by atoms with van der Waals surface area (Å²) in [7, 11) is 0. The maximum atomic E-state index is 8.88. The lowest BCUT2D eigenvalue weighted by atomic mass is 10.0. The first-order chi connectivity index (χ1) is 9.67. The molecule has 0 aromatic heterocycles. The Labute approximate surface area is 123 Å². The van der Waals surface area contributed by atoms with E-state index in [4.69, 9.17) is 10.9 Å². The van der Waals surface area contributed by atoms with Crippen molar-refractivity contribution in [1.82, 2.24) is 0 Å². The van der Waals surface area contributed by atoms with Crippen molar-refractivity contribution in [3.05, 3.63) is 42.0 Å². The molecule has 0 aliphatic heterocycles. The van der Waals surface area contributed by atoms with Crippen LogP contribution in [0, 0.1) is 5.92 Å². The first kappa shape index (κ1) is 14.7. The highest BCUT2D eigenvalue weighted by Crippen LogP contribution is 2.31. The van der Waals surface area contributed by atoms with Crippen LogP contribution in [0.3, 0.4) is 0 Å². The molecule has 2 rings (SSSR count). The molecule has 0 fully saturated rings. The molecule has 0 amide bonds. The van der Waals surface area contributed by atoms with E-state index in [2.05, 4.69) is 31.1 Å². The van der Waals surface area contributed by atoms with Gasteiger partial charge < -0.3 is 10.9 Å². The lowest BCUT2D eigenvalue weighted by molar-refractivity contribution is 0.318. The van der Waals surface area contributed by atoms with Gasteiger partial charge in [0.05, 0.1) is 0 Å². The van der Waals surface area contributed by atoms with E-state index in [9.17, 15) is 0 Å². The van der Waals surface area contributed by atoms with E-state index in [-0.39, 0.29) is 5.84 Å². The van der Waals surface area contributed by atoms with Gasteiger partial charge in [0.2, 0.25) is 0 Å². The average Bonchev–Trinajstić information content (AvgIpc) is 2.51. The number of thioether (sulfide) groups is 1.